The topological polar surface area (TPSA) is 60.3 Å². The molecule has 0 atom stereocenters. The lowest BCUT2D eigenvalue weighted by atomic mass is 10.3. The molecule has 8 heteroatoms. The molecule has 0 radical (unpaired) electrons. The Balaban J connectivity index is 2.43. The van der Waals surface area contributed by atoms with Crippen LogP contribution in [0.3, 0.4) is 0 Å². The highest BCUT2D eigenvalue weighted by atomic mass is 35.5. The normalized spacial score (nSPS) is 17.7. The van der Waals surface area contributed by atoms with Crippen LogP contribution in [0.1, 0.15) is 0 Å². The second kappa shape index (κ2) is 6.39. The number of ether oxygens (including phenoxy) is 2. The summed E-state index contributed by atoms with van der Waals surface area (Å²) >= 11 is 6.02. The van der Waals surface area contributed by atoms with Crippen molar-refractivity contribution in [2.45, 2.75) is 4.90 Å². The van der Waals surface area contributed by atoms with Crippen LogP contribution in [0.4, 0.5) is 0 Å². The molecule has 1 fully saturated rings. The molecule has 0 spiro atoms. The van der Waals surface area contributed by atoms with Gasteiger partial charge in [-0.3, -0.25) is 0 Å². The van der Waals surface area contributed by atoms with E-state index in [1.165, 1.54) is 35.6 Å². The summed E-state index contributed by atoms with van der Waals surface area (Å²) < 4.78 is 37.3. The van der Waals surface area contributed by atoms with Gasteiger partial charge in [-0.1, -0.05) is 11.6 Å². The molecule has 0 bridgehead atoms. The van der Waals surface area contributed by atoms with Gasteiger partial charge >= 0.3 is 0 Å². The van der Waals surface area contributed by atoms with Crippen LogP contribution in [0.25, 0.3) is 0 Å². The molecule has 1 aromatic carbocycles. The molecule has 1 N–H and O–H groups in total. The van der Waals surface area contributed by atoms with Crippen LogP contribution >= 0.6 is 11.6 Å². The minimum absolute atomic E-state index is 0.0887. The number of quaternary nitrogens is 1. The quantitative estimate of drug-likeness (QED) is 0.833. The number of nitrogens with one attached hydrogen (secondary N) is 1. The Morgan fingerprint density at radius 3 is 2.24 bits per heavy atom. The number of halogens is 1. The smallest absolute Gasteiger partial charge is 0.247 e. The number of piperazine rings is 1. The summed E-state index contributed by atoms with van der Waals surface area (Å²) in [7, 11) is 1.30. The first-order valence-corrected chi connectivity index (χ1v) is 8.45. The van der Waals surface area contributed by atoms with Crippen molar-refractivity contribution in [3.8, 4) is 11.5 Å². The second-order valence-electron chi connectivity index (χ2n) is 5.00. The zero-order valence-corrected chi connectivity index (χ0v) is 13.9. The zero-order valence-electron chi connectivity index (χ0n) is 12.3. The molecule has 0 amide bonds. The SMILES string of the molecule is COc1cc(S(=O)(=O)N2CC[NH+](C)CC2)c(OC)cc1Cl. The first-order chi connectivity index (χ1) is 9.90. The molecule has 6 nitrogen and oxygen atoms in total. The monoisotopic (exact) mass is 335 g/mol. The van der Waals surface area contributed by atoms with Crippen molar-refractivity contribution >= 4 is 21.6 Å². The molecule has 1 aliphatic heterocycles. The first kappa shape index (κ1) is 16.4. The molecule has 1 heterocycles. The fourth-order valence-electron chi connectivity index (χ4n) is 2.28. The molecular formula is C13H20ClN2O4S+. The van der Waals surface area contributed by atoms with E-state index in [1.54, 1.807) is 0 Å². The van der Waals surface area contributed by atoms with Crippen molar-refractivity contribution in [3.63, 3.8) is 0 Å². The standard InChI is InChI=1S/C13H19ClN2O4S/c1-15-4-6-16(7-5-15)21(17,18)13-9-11(19-2)10(14)8-12(13)20-3/h8-9H,4-7H2,1-3H3/p+1. The minimum Gasteiger partial charge on any atom is -0.495 e. The van der Waals surface area contributed by atoms with Crippen LogP contribution in [0.15, 0.2) is 17.0 Å². The van der Waals surface area contributed by atoms with Crippen LogP contribution in [0.2, 0.25) is 5.02 Å². The van der Waals surface area contributed by atoms with Crippen LogP contribution < -0.4 is 14.4 Å². The summed E-state index contributed by atoms with van der Waals surface area (Å²) in [4.78, 5) is 1.41. The van der Waals surface area contributed by atoms with Crippen molar-refractivity contribution in [3.05, 3.63) is 17.2 Å². The Labute approximate surface area is 130 Å². The average Bonchev–Trinajstić information content (AvgIpc) is 2.47. The molecule has 21 heavy (non-hydrogen) atoms. The Kier molecular flexibility index (Phi) is 4.98. The Bertz CT molecular complexity index is 613. The summed E-state index contributed by atoms with van der Waals surface area (Å²) in [5.74, 6) is 0.544. The lowest BCUT2D eigenvalue weighted by Gasteiger charge is -2.29. The number of methoxy groups -OCH3 is 2. The highest BCUT2D eigenvalue weighted by molar-refractivity contribution is 7.89. The van der Waals surface area contributed by atoms with Gasteiger partial charge in [0.1, 0.15) is 16.4 Å². The summed E-state index contributed by atoms with van der Waals surface area (Å²) in [5, 5.41) is 0.316. The van der Waals surface area contributed by atoms with Crippen LogP contribution in [-0.4, -0.2) is 60.2 Å². The van der Waals surface area contributed by atoms with Crippen LogP contribution in [0.5, 0.6) is 11.5 Å². The van der Waals surface area contributed by atoms with Gasteiger partial charge in [-0.25, -0.2) is 8.42 Å². The first-order valence-electron chi connectivity index (χ1n) is 6.63. The van der Waals surface area contributed by atoms with E-state index in [1.807, 2.05) is 0 Å². The lowest BCUT2D eigenvalue weighted by Crippen LogP contribution is -3.12. The van der Waals surface area contributed by atoms with E-state index in [0.29, 0.717) is 23.9 Å². The molecule has 1 aliphatic rings. The molecule has 0 aromatic heterocycles. The summed E-state index contributed by atoms with van der Waals surface area (Å²) in [6, 6.07) is 2.89. The van der Waals surface area contributed by atoms with Gasteiger partial charge in [0.05, 0.1) is 52.5 Å². The molecular weight excluding hydrogens is 316 g/mol. The highest BCUT2D eigenvalue weighted by Crippen LogP contribution is 2.36. The Morgan fingerprint density at radius 2 is 1.71 bits per heavy atom. The summed E-state index contributed by atoms with van der Waals surface area (Å²) in [6.45, 7) is 2.54. The van der Waals surface area contributed by atoms with Crippen LogP contribution in [-0.2, 0) is 10.0 Å². The van der Waals surface area contributed by atoms with Crippen molar-refractivity contribution in [1.29, 1.82) is 0 Å². The average molecular weight is 336 g/mol. The van der Waals surface area contributed by atoms with E-state index < -0.39 is 10.0 Å². The van der Waals surface area contributed by atoms with E-state index in [4.69, 9.17) is 21.1 Å². The van der Waals surface area contributed by atoms with Crippen molar-refractivity contribution in [2.24, 2.45) is 0 Å². The predicted octanol–water partition coefficient (Wildman–Crippen LogP) is -0.124. The van der Waals surface area contributed by atoms with E-state index in [9.17, 15) is 8.42 Å². The van der Waals surface area contributed by atoms with Gasteiger partial charge in [-0.15, -0.1) is 0 Å². The summed E-state index contributed by atoms with van der Waals surface area (Å²) in [5.41, 5.74) is 0. The number of benzene rings is 1. The van der Waals surface area contributed by atoms with E-state index >= 15 is 0 Å². The zero-order chi connectivity index (χ0) is 15.6. The molecule has 1 aromatic rings. The number of hydrogen-bond acceptors (Lipinski definition) is 4. The number of hydrogen-bond donors (Lipinski definition) is 1. The molecule has 118 valence electrons. The third-order valence-corrected chi connectivity index (χ3v) is 5.85. The van der Waals surface area contributed by atoms with Gasteiger partial charge in [0.25, 0.3) is 0 Å². The Hall–Kier alpha value is -1.02. The number of sulfonamides is 1. The fourth-order valence-corrected chi connectivity index (χ4v) is 4.11. The van der Waals surface area contributed by atoms with Gasteiger partial charge in [-0.2, -0.15) is 4.31 Å². The Morgan fingerprint density at radius 1 is 1.14 bits per heavy atom. The number of likely N-dealkylation sites (N-methyl/N-ethyl adjacent to an activating group) is 1. The van der Waals surface area contributed by atoms with Crippen LogP contribution in [0, 0.1) is 0 Å². The predicted molar refractivity (Wildman–Crippen MR) is 79.9 cm³/mol. The lowest BCUT2D eigenvalue weighted by molar-refractivity contribution is -0.883. The van der Waals surface area contributed by atoms with E-state index in [2.05, 4.69) is 7.05 Å². The van der Waals surface area contributed by atoms with Gasteiger partial charge in [-0.05, 0) is 0 Å². The third-order valence-electron chi connectivity index (χ3n) is 3.63. The van der Waals surface area contributed by atoms with Gasteiger partial charge in [0.15, 0.2) is 0 Å². The van der Waals surface area contributed by atoms with E-state index in [-0.39, 0.29) is 10.6 Å². The van der Waals surface area contributed by atoms with Gasteiger partial charge < -0.3 is 14.4 Å². The minimum atomic E-state index is -3.62. The molecule has 0 saturated carbocycles. The van der Waals surface area contributed by atoms with Crippen molar-refractivity contribution < 1.29 is 22.8 Å². The van der Waals surface area contributed by atoms with Gasteiger partial charge in [0.2, 0.25) is 10.0 Å². The summed E-state index contributed by atoms with van der Waals surface area (Å²) in [6.07, 6.45) is 0. The molecule has 0 aliphatic carbocycles. The highest BCUT2D eigenvalue weighted by Gasteiger charge is 2.32. The van der Waals surface area contributed by atoms with E-state index in [0.717, 1.165) is 13.1 Å². The third kappa shape index (κ3) is 3.26. The number of rotatable bonds is 4. The van der Waals surface area contributed by atoms with Crippen molar-refractivity contribution in [1.82, 2.24) is 4.31 Å². The number of nitrogens with zero attached hydrogens (tertiary/aromatic N) is 1. The fraction of sp³-hybridized carbons (Fsp3) is 0.538. The maximum atomic E-state index is 12.8. The molecule has 2 rings (SSSR count). The maximum Gasteiger partial charge on any atom is 0.247 e. The second-order valence-corrected chi connectivity index (χ2v) is 7.31. The molecule has 1 saturated heterocycles. The largest absolute Gasteiger partial charge is 0.495 e. The van der Waals surface area contributed by atoms with Crippen molar-refractivity contribution in [2.75, 3.05) is 47.4 Å². The molecule has 0 unspecified atom stereocenters. The van der Waals surface area contributed by atoms with Gasteiger partial charge in [0, 0.05) is 12.1 Å². The maximum absolute atomic E-state index is 12.8.